The Bertz CT molecular complexity index is 1060. The summed E-state index contributed by atoms with van der Waals surface area (Å²) in [6.07, 6.45) is 0.146. The van der Waals surface area contributed by atoms with Crippen LogP contribution in [0.15, 0.2) is 72.8 Å². The molecule has 0 aromatic heterocycles. The monoisotopic (exact) mass is 388 g/mol. The Kier molecular flexibility index (Phi) is 6.04. The average Bonchev–Trinajstić information content (AvgIpc) is 2.75. The summed E-state index contributed by atoms with van der Waals surface area (Å²) >= 11 is 0. The van der Waals surface area contributed by atoms with Gasteiger partial charge in [-0.3, -0.25) is 9.59 Å². The fourth-order valence-corrected chi connectivity index (χ4v) is 2.96. The third-order valence-electron chi connectivity index (χ3n) is 4.40. The van der Waals surface area contributed by atoms with Crippen LogP contribution in [0.25, 0.3) is 11.1 Å². The molecule has 3 aromatic rings. The number of carbonyl (C=O) groups is 3. The molecule has 0 aliphatic carbocycles. The molecule has 3 aromatic carbocycles. The van der Waals surface area contributed by atoms with Crippen molar-refractivity contribution in [2.75, 3.05) is 12.4 Å². The maximum absolute atomic E-state index is 12.9. The van der Waals surface area contributed by atoms with Gasteiger partial charge in [0.15, 0.2) is 0 Å². The van der Waals surface area contributed by atoms with Gasteiger partial charge in [-0.2, -0.15) is 0 Å². The molecule has 1 N–H and O–H groups in total. The minimum Gasteiger partial charge on any atom is -0.545 e. The number of esters is 1. The van der Waals surface area contributed by atoms with Crippen molar-refractivity contribution in [3.8, 4) is 11.1 Å². The van der Waals surface area contributed by atoms with Gasteiger partial charge in [0.05, 0.1) is 19.5 Å². The summed E-state index contributed by atoms with van der Waals surface area (Å²) < 4.78 is 4.63. The summed E-state index contributed by atoms with van der Waals surface area (Å²) in [7, 11) is 1.33. The SMILES string of the molecule is COC(=O)Cc1ccc(NC(=O)c2ccccc2-c2ccccc2C(=O)[O-])cc1. The van der Waals surface area contributed by atoms with Gasteiger partial charge in [-0.05, 0) is 34.9 Å². The second-order valence-corrected chi connectivity index (χ2v) is 6.28. The molecule has 0 fully saturated rings. The number of nitrogens with one attached hydrogen (secondary N) is 1. The molecule has 0 radical (unpaired) electrons. The van der Waals surface area contributed by atoms with E-state index in [4.69, 9.17) is 0 Å². The number of methoxy groups -OCH3 is 1. The summed E-state index contributed by atoms with van der Waals surface area (Å²) in [5, 5.41) is 14.2. The number of rotatable bonds is 6. The van der Waals surface area contributed by atoms with Gasteiger partial charge in [-0.15, -0.1) is 0 Å². The van der Waals surface area contributed by atoms with E-state index >= 15 is 0 Å². The molecule has 0 unspecified atom stereocenters. The second kappa shape index (κ2) is 8.84. The number of carboxylic acids is 1. The number of amides is 1. The maximum atomic E-state index is 12.9. The van der Waals surface area contributed by atoms with Crippen LogP contribution in [0.2, 0.25) is 0 Å². The van der Waals surface area contributed by atoms with Crippen LogP contribution in [-0.2, 0) is 16.0 Å². The molecule has 0 aliphatic heterocycles. The minimum absolute atomic E-state index is 0.0138. The Labute approximate surface area is 167 Å². The lowest BCUT2D eigenvalue weighted by Crippen LogP contribution is -2.23. The summed E-state index contributed by atoms with van der Waals surface area (Å²) in [5.41, 5.74) is 2.56. The molecular weight excluding hydrogens is 370 g/mol. The normalized spacial score (nSPS) is 10.2. The van der Waals surface area contributed by atoms with Gasteiger partial charge in [0, 0.05) is 16.8 Å². The molecule has 146 valence electrons. The van der Waals surface area contributed by atoms with Crippen LogP contribution in [0.1, 0.15) is 26.3 Å². The van der Waals surface area contributed by atoms with Crippen molar-refractivity contribution in [3.05, 3.63) is 89.5 Å². The second-order valence-electron chi connectivity index (χ2n) is 6.28. The molecule has 1 amide bonds. The van der Waals surface area contributed by atoms with Crippen LogP contribution in [0.3, 0.4) is 0 Å². The van der Waals surface area contributed by atoms with Crippen LogP contribution in [0.4, 0.5) is 5.69 Å². The van der Waals surface area contributed by atoms with E-state index in [-0.39, 0.29) is 23.9 Å². The largest absolute Gasteiger partial charge is 0.545 e. The number of carboxylic acid groups (broad SMARTS) is 1. The molecule has 0 aliphatic rings. The van der Waals surface area contributed by atoms with Crippen molar-refractivity contribution in [1.29, 1.82) is 0 Å². The molecule has 6 nitrogen and oxygen atoms in total. The number of hydrogen-bond donors (Lipinski definition) is 1. The lowest BCUT2D eigenvalue weighted by molar-refractivity contribution is -0.254. The van der Waals surface area contributed by atoms with Gasteiger partial charge < -0.3 is 20.0 Å². The first-order valence-electron chi connectivity index (χ1n) is 8.86. The smallest absolute Gasteiger partial charge is 0.309 e. The highest BCUT2D eigenvalue weighted by atomic mass is 16.5. The number of ether oxygens (including phenoxy) is 1. The first-order valence-corrected chi connectivity index (χ1v) is 8.86. The van der Waals surface area contributed by atoms with Crippen molar-refractivity contribution in [1.82, 2.24) is 0 Å². The van der Waals surface area contributed by atoms with E-state index in [0.29, 0.717) is 22.4 Å². The van der Waals surface area contributed by atoms with E-state index in [1.165, 1.54) is 13.2 Å². The third kappa shape index (κ3) is 4.68. The third-order valence-corrected chi connectivity index (χ3v) is 4.40. The first-order chi connectivity index (χ1) is 14.0. The summed E-state index contributed by atoms with van der Waals surface area (Å²) in [4.78, 5) is 35.6. The molecule has 0 bridgehead atoms. The van der Waals surface area contributed by atoms with Crippen LogP contribution in [0.5, 0.6) is 0 Å². The summed E-state index contributed by atoms with van der Waals surface area (Å²) in [6.45, 7) is 0. The predicted molar refractivity (Wildman–Crippen MR) is 106 cm³/mol. The van der Waals surface area contributed by atoms with Crippen molar-refractivity contribution in [3.63, 3.8) is 0 Å². The van der Waals surface area contributed by atoms with E-state index in [9.17, 15) is 19.5 Å². The molecule has 29 heavy (non-hydrogen) atoms. The molecule has 0 saturated carbocycles. The van der Waals surface area contributed by atoms with Crippen molar-refractivity contribution >= 4 is 23.5 Å². The van der Waals surface area contributed by atoms with Crippen LogP contribution in [-0.4, -0.2) is 25.0 Å². The first kappa shape index (κ1) is 19.8. The lowest BCUT2D eigenvalue weighted by Gasteiger charge is -2.14. The molecular formula is C23H18NO5-. The highest BCUT2D eigenvalue weighted by Crippen LogP contribution is 2.27. The maximum Gasteiger partial charge on any atom is 0.309 e. The Balaban J connectivity index is 1.86. The van der Waals surface area contributed by atoms with Gasteiger partial charge in [0.2, 0.25) is 0 Å². The van der Waals surface area contributed by atoms with E-state index in [1.54, 1.807) is 66.7 Å². The van der Waals surface area contributed by atoms with E-state index in [2.05, 4.69) is 10.1 Å². The van der Waals surface area contributed by atoms with Crippen molar-refractivity contribution in [2.24, 2.45) is 0 Å². The van der Waals surface area contributed by atoms with Crippen LogP contribution < -0.4 is 10.4 Å². The fraction of sp³-hybridized carbons (Fsp3) is 0.0870. The van der Waals surface area contributed by atoms with E-state index in [0.717, 1.165) is 5.56 Å². The quantitative estimate of drug-likeness (QED) is 0.655. The topological polar surface area (TPSA) is 95.5 Å². The Morgan fingerprint density at radius 1 is 0.828 bits per heavy atom. The highest BCUT2D eigenvalue weighted by Gasteiger charge is 2.15. The minimum atomic E-state index is -1.31. The van der Waals surface area contributed by atoms with Gasteiger partial charge >= 0.3 is 5.97 Å². The van der Waals surface area contributed by atoms with Gasteiger partial charge in [0.25, 0.3) is 5.91 Å². The number of anilines is 1. The Morgan fingerprint density at radius 2 is 1.38 bits per heavy atom. The zero-order valence-electron chi connectivity index (χ0n) is 15.7. The van der Waals surface area contributed by atoms with Gasteiger partial charge in [-0.1, -0.05) is 54.6 Å². The Hall–Kier alpha value is -3.93. The predicted octanol–water partition coefficient (Wildman–Crippen LogP) is 2.68. The lowest BCUT2D eigenvalue weighted by atomic mass is 9.95. The van der Waals surface area contributed by atoms with E-state index in [1.807, 2.05) is 0 Å². The molecule has 0 atom stereocenters. The number of hydrogen-bond acceptors (Lipinski definition) is 5. The van der Waals surface area contributed by atoms with Crippen LogP contribution >= 0.6 is 0 Å². The van der Waals surface area contributed by atoms with Gasteiger partial charge in [0.1, 0.15) is 0 Å². The number of benzene rings is 3. The zero-order valence-corrected chi connectivity index (χ0v) is 15.7. The molecule has 0 spiro atoms. The van der Waals surface area contributed by atoms with E-state index < -0.39 is 5.97 Å². The summed E-state index contributed by atoms with van der Waals surface area (Å²) in [6, 6.07) is 20.0. The molecule has 6 heteroatoms. The summed E-state index contributed by atoms with van der Waals surface area (Å²) in [5.74, 6) is -2.03. The Morgan fingerprint density at radius 3 is 1.97 bits per heavy atom. The number of aromatic carboxylic acids is 1. The van der Waals surface area contributed by atoms with Crippen molar-refractivity contribution < 1.29 is 24.2 Å². The zero-order chi connectivity index (χ0) is 20.8. The standard InChI is InChI=1S/C23H19NO5/c1-29-21(25)14-15-10-12-16(13-11-15)24-22(26)19-8-4-2-6-17(19)18-7-3-5-9-20(18)23(27)28/h2-13H,14H2,1H3,(H,24,26)(H,27,28)/p-1. The average molecular weight is 388 g/mol. The number of carbonyl (C=O) groups excluding carboxylic acids is 3. The van der Waals surface area contributed by atoms with Gasteiger partial charge in [-0.25, -0.2) is 0 Å². The fourth-order valence-electron chi connectivity index (χ4n) is 2.96. The van der Waals surface area contributed by atoms with Crippen LogP contribution in [0, 0.1) is 0 Å². The highest BCUT2D eigenvalue weighted by molar-refractivity contribution is 6.10. The molecule has 3 rings (SSSR count). The molecule has 0 heterocycles. The molecule has 0 saturated heterocycles. The van der Waals surface area contributed by atoms with Crippen molar-refractivity contribution in [2.45, 2.75) is 6.42 Å².